The van der Waals surface area contributed by atoms with Crippen LogP contribution in [0.4, 0.5) is 0 Å². The van der Waals surface area contributed by atoms with E-state index in [1.165, 1.54) is 5.56 Å². The largest absolute Gasteiger partial charge is 0.496 e. The Balaban J connectivity index is 1.89. The van der Waals surface area contributed by atoms with E-state index in [2.05, 4.69) is 31.2 Å². The van der Waals surface area contributed by atoms with Crippen molar-refractivity contribution >= 4 is 15.9 Å². The highest BCUT2D eigenvalue weighted by atomic mass is 79.9. The smallest absolute Gasteiger partial charge is 0.133 e. The van der Waals surface area contributed by atoms with Crippen molar-refractivity contribution in [3.8, 4) is 5.75 Å². The molecule has 0 aliphatic carbocycles. The van der Waals surface area contributed by atoms with Crippen LogP contribution in [-0.2, 0) is 13.1 Å². The highest BCUT2D eigenvalue weighted by molar-refractivity contribution is 9.10. The molecule has 0 unspecified atom stereocenters. The summed E-state index contributed by atoms with van der Waals surface area (Å²) in [4.78, 5) is 8.04. The average molecular weight is 308 g/mol. The van der Waals surface area contributed by atoms with E-state index in [1.807, 2.05) is 24.3 Å². The van der Waals surface area contributed by atoms with Crippen molar-refractivity contribution < 1.29 is 4.74 Å². The lowest BCUT2D eigenvalue weighted by molar-refractivity contribution is 0.412. The molecule has 94 valence electrons. The topological polar surface area (TPSA) is 47.0 Å². The van der Waals surface area contributed by atoms with E-state index in [1.54, 1.807) is 19.6 Å². The summed E-state index contributed by atoms with van der Waals surface area (Å²) in [7, 11) is 1.66. The van der Waals surface area contributed by atoms with Gasteiger partial charge in [0.1, 0.15) is 12.1 Å². The third-order valence-corrected chi connectivity index (χ3v) is 3.11. The molecule has 0 amide bonds. The normalized spacial score (nSPS) is 10.3. The summed E-state index contributed by atoms with van der Waals surface area (Å²) in [6.07, 6.45) is 3.30. The molecule has 4 nitrogen and oxygen atoms in total. The van der Waals surface area contributed by atoms with Gasteiger partial charge in [-0.2, -0.15) is 0 Å². The average Bonchev–Trinajstić information content (AvgIpc) is 2.40. The quantitative estimate of drug-likeness (QED) is 0.922. The number of aromatic nitrogens is 2. The molecule has 0 aliphatic rings. The zero-order valence-corrected chi connectivity index (χ0v) is 11.6. The van der Waals surface area contributed by atoms with Crippen LogP contribution in [0.1, 0.15) is 11.3 Å². The lowest BCUT2D eigenvalue weighted by Crippen LogP contribution is -2.13. The highest BCUT2D eigenvalue weighted by Gasteiger charge is 2.01. The number of halogens is 1. The first-order valence-electron chi connectivity index (χ1n) is 5.57. The first-order chi connectivity index (χ1) is 8.79. The van der Waals surface area contributed by atoms with Gasteiger partial charge in [-0.05, 0) is 39.7 Å². The van der Waals surface area contributed by atoms with Gasteiger partial charge in [0.05, 0.1) is 17.3 Å². The van der Waals surface area contributed by atoms with Gasteiger partial charge in [-0.3, -0.25) is 0 Å². The third kappa shape index (κ3) is 3.51. The first-order valence-corrected chi connectivity index (χ1v) is 6.37. The number of rotatable bonds is 5. The molecule has 0 bridgehead atoms. The summed E-state index contributed by atoms with van der Waals surface area (Å²) in [6.45, 7) is 1.51. The molecule has 0 atom stereocenters. The Hall–Kier alpha value is -1.46. The van der Waals surface area contributed by atoms with Crippen LogP contribution in [0.5, 0.6) is 5.75 Å². The van der Waals surface area contributed by atoms with Gasteiger partial charge in [-0.25, -0.2) is 9.97 Å². The second-order valence-electron chi connectivity index (χ2n) is 3.77. The molecule has 5 heteroatoms. The lowest BCUT2D eigenvalue weighted by atomic mass is 10.2. The molecule has 0 fully saturated rings. The molecule has 1 aromatic carbocycles. The number of nitrogens with one attached hydrogen (secondary N) is 1. The zero-order chi connectivity index (χ0) is 12.8. The molecule has 0 aliphatic heterocycles. The van der Waals surface area contributed by atoms with Crippen molar-refractivity contribution in [2.75, 3.05) is 7.11 Å². The van der Waals surface area contributed by atoms with Crippen LogP contribution in [0.15, 0.2) is 41.3 Å². The Morgan fingerprint density at radius 1 is 1.28 bits per heavy atom. The predicted molar refractivity (Wildman–Crippen MR) is 73.3 cm³/mol. The standard InChI is InChI=1S/C13H14BrN3O/c1-18-13-3-2-10(6-12(13)14)7-16-8-11-4-5-15-9-17-11/h2-6,9,16H,7-8H2,1H3. The van der Waals surface area contributed by atoms with Crippen molar-refractivity contribution in [3.63, 3.8) is 0 Å². The molecule has 1 aromatic heterocycles. The zero-order valence-electron chi connectivity index (χ0n) is 10.1. The monoisotopic (exact) mass is 307 g/mol. The fraction of sp³-hybridized carbons (Fsp3) is 0.231. The van der Waals surface area contributed by atoms with Crippen LogP contribution in [0.3, 0.4) is 0 Å². The Bertz CT molecular complexity index is 505. The summed E-state index contributed by atoms with van der Waals surface area (Å²) in [5.74, 6) is 0.842. The summed E-state index contributed by atoms with van der Waals surface area (Å²) < 4.78 is 6.15. The Morgan fingerprint density at radius 3 is 2.83 bits per heavy atom. The van der Waals surface area contributed by atoms with Crippen molar-refractivity contribution in [3.05, 3.63) is 52.5 Å². The van der Waals surface area contributed by atoms with Gasteiger partial charge in [-0.1, -0.05) is 6.07 Å². The van der Waals surface area contributed by atoms with E-state index in [0.717, 1.165) is 29.0 Å². The van der Waals surface area contributed by atoms with Crippen LogP contribution >= 0.6 is 15.9 Å². The SMILES string of the molecule is COc1ccc(CNCc2ccncn2)cc1Br. The number of nitrogens with zero attached hydrogens (tertiary/aromatic N) is 2. The maximum Gasteiger partial charge on any atom is 0.133 e. The Morgan fingerprint density at radius 2 is 2.17 bits per heavy atom. The van der Waals surface area contributed by atoms with Gasteiger partial charge >= 0.3 is 0 Å². The van der Waals surface area contributed by atoms with Crippen LogP contribution in [0.25, 0.3) is 0 Å². The van der Waals surface area contributed by atoms with Gasteiger partial charge in [-0.15, -0.1) is 0 Å². The second-order valence-corrected chi connectivity index (χ2v) is 4.63. The van der Waals surface area contributed by atoms with E-state index < -0.39 is 0 Å². The van der Waals surface area contributed by atoms with Gasteiger partial charge in [0, 0.05) is 19.3 Å². The maximum absolute atomic E-state index is 5.19. The number of methoxy groups -OCH3 is 1. The summed E-state index contributed by atoms with van der Waals surface area (Å²) >= 11 is 3.47. The minimum absolute atomic E-state index is 0.728. The number of hydrogen-bond acceptors (Lipinski definition) is 4. The van der Waals surface area contributed by atoms with Crippen LogP contribution in [-0.4, -0.2) is 17.1 Å². The highest BCUT2D eigenvalue weighted by Crippen LogP contribution is 2.25. The number of ether oxygens (including phenoxy) is 1. The second kappa shape index (κ2) is 6.47. The fourth-order valence-corrected chi connectivity index (χ4v) is 2.17. The summed E-state index contributed by atoms with van der Waals surface area (Å²) in [5, 5.41) is 3.33. The summed E-state index contributed by atoms with van der Waals surface area (Å²) in [5.41, 5.74) is 2.18. The molecular formula is C13H14BrN3O. The van der Waals surface area contributed by atoms with E-state index in [-0.39, 0.29) is 0 Å². The summed E-state index contributed by atoms with van der Waals surface area (Å²) in [6, 6.07) is 7.94. The van der Waals surface area contributed by atoms with Gasteiger partial charge in [0.25, 0.3) is 0 Å². The van der Waals surface area contributed by atoms with E-state index in [4.69, 9.17) is 4.74 Å². The van der Waals surface area contributed by atoms with Crippen molar-refractivity contribution in [1.29, 1.82) is 0 Å². The fourth-order valence-electron chi connectivity index (χ4n) is 1.58. The lowest BCUT2D eigenvalue weighted by Gasteiger charge is -2.07. The molecule has 1 N–H and O–H groups in total. The van der Waals surface area contributed by atoms with E-state index >= 15 is 0 Å². The number of benzene rings is 1. The van der Waals surface area contributed by atoms with E-state index in [0.29, 0.717) is 0 Å². The molecule has 0 radical (unpaired) electrons. The Labute approximate surface area is 115 Å². The van der Waals surface area contributed by atoms with Gasteiger partial charge < -0.3 is 10.1 Å². The number of hydrogen-bond donors (Lipinski definition) is 1. The van der Waals surface area contributed by atoms with E-state index in [9.17, 15) is 0 Å². The maximum atomic E-state index is 5.19. The predicted octanol–water partition coefficient (Wildman–Crippen LogP) is 2.54. The van der Waals surface area contributed by atoms with Gasteiger partial charge in [0.15, 0.2) is 0 Å². The molecule has 18 heavy (non-hydrogen) atoms. The minimum Gasteiger partial charge on any atom is -0.496 e. The molecule has 1 heterocycles. The first kappa shape index (κ1) is 13.0. The van der Waals surface area contributed by atoms with Crippen molar-refractivity contribution in [2.24, 2.45) is 0 Å². The molecule has 2 rings (SSSR count). The molecule has 0 spiro atoms. The van der Waals surface area contributed by atoms with Crippen molar-refractivity contribution in [1.82, 2.24) is 15.3 Å². The van der Waals surface area contributed by atoms with Gasteiger partial charge in [0.2, 0.25) is 0 Å². The molecular weight excluding hydrogens is 294 g/mol. The minimum atomic E-state index is 0.728. The van der Waals surface area contributed by atoms with Crippen LogP contribution < -0.4 is 10.1 Å². The third-order valence-electron chi connectivity index (χ3n) is 2.49. The molecule has 0 saturated heterocycles. The van der Waals surface area contributed by atoms with Crippen molar-refractivity contribution in [2.45, 2.75) is 13.1 Å². The molecule has 0 saturated carbocycles. The van der Waals surface area contributed by atoms with Crippen LogP contribution in [0.2, 0.25) is 0 Å². The Kier molecular flexibility index (Phi) is 4.66. The molecule has 2 aromatic rings. The van der Waals surface area contributed by atoms with Crippen LogP contribution in [0, 0.1) is 0 Å².